The molecular weight excluding hydrogens is 352 g/mol. The van der Waals surface area contributed by atoms with E-state index in [0.29, 0.717) is 18.1 Å². The van der Waals surface area contributed by atoms with Gasteiger partial charge in [0.15, 0.2) is 12.7 Å². The van der Waals surface area contributed by atoms with Crippen LogP contribution in [0.1, 0.15) is 45.7 Å². The molecule has 150 valence electrons. The van der Waals surface area contributed by atoms with Gasteiger partial charge in [-0.2, -0.15) is 0 Å². The standard InChI is InChI=1S/C19H28N2O6/c1-13(2)9-10-26-15(4)19(23)27-12-18(22)20(5)14(3)16-7-6-8-17(11-16)21(24)25/h6-8,11,13-15H,9-10,12H2,1-5H3. The molecule has 8 nitrogen and oxygen atoms in total. The number of rotatable bonds is 10. The number of nitrogens with zero attached hydrogens (tertiary/aromatic N) is 2. The van der Waals surface area contributed by atoms with E-state index in [1.165, 1.54) is 17.0 Å². The number of non-ortho nitro benzene ring substituents is 1. The zero-order valence-electron chi connectivity index (χ0n) is 16.5. The van der Waals surface area contributed by atoms with Crippen molar-refractivity contribution in [3.05, 3.63) is 39.9 Å². The highest BCUT2D eigenvalue weighted by atomic mass is 16.6. The molecule has 0 aliphatic carbocycles. The number of nitro benzene ring substituents is 1. The number of benzene rings is 1. The van der Waals surface area contributed by atoms with Crippen LogP contribution in [0.5, 0.6) is 0 Å². The number of likely N-dealkylation sites (N-methyl/N-ethyl adjacent to an activating group) is 1. The van der Waals surface area contributed by atoms with Gasteiger partial charge >= 0.3 is 5.97 Å². The lowest BCUT2D eigenvalue weighted by Gasteiger charge is -2.25. The van der Waals surface area contributed by atoms with Crippen molar-refractivity contribution < 1.29 is 24.0 Å². The van der Waals surface area contributed by atoms with Crippen molar-refractivity contribution in [1.82, 2.24) is 4.90 Å². The number of hydrogen-bond acceptors (Lipinski definition) is 6. The molecule has 1 rings (SSSR count). The molecule has 0 bridgehead atoms. The Kier molecular flexibility index (Phi) is 8.87. The highest BCUT2D eigenvalue weighted by molar-refractivity contribution is 5.82. The number of amides is 1. The van der Waals surface area contributed by atoms with Crippen molar-refractivity contribution in [2.75, 3.05) is 20.3 Å². The zero-order chi connectivity index (χ0) is 20.6. The van der Waals surface area contributed by atoms with Gasteiger partial charge in [0.05, 0.1) is 11.0 Å². The zero-order valence-corrected chi connectivity index (χ0v) is 16.5. The third-order valence-corrected chi connectivity index (χ3v) is 4.27. The van der Waals surface area contributed by atoms with E-state index in [1.807, 2.05) is 0 Å². The first-order valence-electron chi connectivity index (χ1n) is 8.91. The molecule has 8 heteroatoms. The number of nitro groups is 1. The minimum absolute atomic E-state index is 0.0426. The van der Waals surface area contributed by atoms with Crippen LogP contribution >= 0.6 is 0 Å². The van der Waals surface area contributed by atoms with Gasteiger partial charge in [0.25, 0.3) is 11.6 Å². The second-order valence-corrected chi connectivity index (χ2v) is 6.84. The SMILES string of the molecule is CC(C)CCOC(C)C(=O)OCC(=O)N(C)C(C)c1cccc([N+](=O)[O-])c1. The van der Waals surface area contributed by atoms with Crippen LogP contribution in [-0.4, -0.2) is 48.1 Å². The molecule has 2 atom stereocenters. The quantitative estimate of drug-likeness (QED) is 0.351. The topological polar surface area (TPSA) is 99.0 Å². The van der Waals surface area contributed by atoms with E-state index in [2.05, 4.69) is 13.8 Å². The molecule has 0 aliphatic heterocycles. The molecule has 0 N–H and O–H groups in total. The molecule has 1 amide bonds. The van der Waals surface area contributed by atoms with Crippen molar-refractivity contribution in [2.45, 2.75) is 46.3 Å². The van der Waals surface area contributed by atoms with Gasteiger partial charge < -0.3 is 14.4 Å². The Morgan fingerprint density at radius 2 is 1.89 bits per heavy atom. The van der Waals surface area contributed by atoms with Crippen LogP contribution in [-0.2, 0) is 19.1 Å². The molecule has 0 radical (unpaired) electrons. The van der Waals surface area contributed by atoms with Crippen LogP contribution in [0.15, 0.2) is 24.3 Å². The van der Waals surface area contributed by atoms with Crippen LogP contribution < -0.4 is 0 Å². The molecule has 0 saturated heterocycles. The molecule has 0 spiro atoms. The average molecular weight is 380 g/mol. The summed E-state index contributed by atoms with van der Waals surface area (Å²) in [5.41, 5.74) is 0.579. The van der Waals surface area contributed by atoms with E-state index in [-0.39, 0.29) is 5.69 Å². The van der Waals surface area contributed by atoms with E-state index < -0.39 is 35.6 Å². The molecule has 0 aromatic heterocycles. The lowest BCUT2D eigenvalue weighted by molar-refractivity contribution is -0.384. The van der Waals surface area contributed by atoms with Crippen LogP contribution in [0, 0.1) is 16.0 Å². The third kappa shape index (κ3) is 7.34. The maximum Gasteiger partial charge on any atom is 0.335 e. The number of hydrogen-bond donors (Lipinski definition) is 0. The Balaban J connectivity index is 2.55. The lowest BCUT2D eigenvalue weighted by atomic mass is 10.1. The first-order chi connectivity index (χ1) is 12.6. The Hall–Kier alpha value is -2.48. The van der Waals surface area contributed by atoms with Crippen LogP contribution in [0.2, 0.25) is 0 Å². The van der Waals surface area contributed by atoms with Gasteiger partial charge in [-0.3, -0.25) is 14.9 Å². The van der Waals surface area contributed by atoms with Gasteiger partial charge in [-0.15, -0.1) is 0 Å². The summed E-state index contributed by atoms with van der Waals surface area (Å²) in [6.45, 7) is 7.49. The predicted octanol–water partition coefficient (Wildman–Crippen LogP) is 3.11. The molecule has 27 heavy (non-hydrogen) atoms. The van der Waals surface area contributed by atoms with Crippen LogP contribution in [0.4, 0.5) is 5.69 Å². The van der Waals surface area contributed by atoms with Crippen molar-refractivity contribution in [1.29, 1.82) is 0 Å². The third-order valence-electron chi connectivity index (χ3n) is 4.27. The summed E-state index contributed by atoms with van der Waals surface area (Å²) < 4.78 is 10.4. The summed E-state index contributed by atoms with van der Waals surface area (Å²) in [5.74, 6) is -0.529. The molecule has 1 aromatic carbocycles. The fourth-order valence-corrected chi connectivity index (χ4v) is 2.24. The second-order valence-electron chi connectivity index (χ2n) is 6.84. The fraction of sp³-hybridized carbons (Fsp3) is 0.579. The summed E-state index contributed by atoms with van der Waals surface area (Å²) in [4.78, 5) is 36.0. The van der Waals surface area contributed by atoms with E-state index in [0.717, 1.165) is 6.42 Å². The van der Waals surface area contributed by atoms with E-state index in [9.17, 15) is 19.7 Å². The first-order valence-corrected chi connectivity index (χ1v) is 8.91. The number of carbonyl (C=O) groups is 2. The van der Waals surface area contributed by atoms with Crippen molar-refractivity contribution >= 4 is 17.6 Å². The lowest BCUT2D eigenvalue weighted by Crippen LogP contribution is -2.35. The Morgan fingerprint density at radius 1 is 1.22 bits per heavy atom. The van der Waals surface area contributed by atoms with Gasteiger partial charge in [0.1, 0.15) is 0 Å². The smallest absolute Gasteiger partial charge is 0.335 e. The van der Waals surface area contributed by atoms with Gasteiger partial charge in [-0.05, 0) is 31.7 Å². The monoisotopic (exact) mass is 380 g/mol. The van der Waals surface area contributed by atoms with Crippen molar-refractivity contribution in [3.8, 4) is 0 Å². The molecule has 1 aromatic rings. The molecule has 0 saturated carbocycles. The average Bonchev–Trinajstić information content (AvgIpc) is 2.64. The Bertz CT molecular complexity index is 661. The second kappa shape index (κ2) is 10.6. The maximum absolute atomic E-state index is 12.3. The summed E-state index contributed by atoms with van der Waals surface area (Å²) in [6, 6.07) is 5.68. The molecule has 0 aliphatic rings. The summed E-state index contributed by atoms with van der Waals surface area (Å²) in [5, 5.41) is 10.9. The molecule has 0 heterocycles. The fourth-order valence-electron chi connectivity index (χ4n) is 2.24. The Morgan fingerprint density at radius 3 is 2.48 bits per heavy atom. The largest absolute Gasteiger partial charge is 0.454 e. The van der Waals surface area contributed by atoms with Crippen molar-refractivity contribution in [3.63, 3.8) is 0 Å². The van der Waals surface area contributed by atoms with Crippen LogP contribution in [0.3, 0.4) is 0 Å². The van der Waals surface area contributed by atoms with Crippen LogP contribution in [0.25, 0.3) is 0 Å². The predicted molar refractivity (Wildman–Crippen MR) is 100 cm³/mol. The minimum atomic E-state index is -0.740. The molecule has 2 unspecified atom stereocenters. The molecule has 0 fully saturated rings. The van der Waals surface area contributed by atoms with Gasteiger partial charge in [0, 0.05) is 25.8 Å². The first kappa shape index (κ1) is 22.6. The van der Waals surface area contributed by atoms with Gasteiger partial charge in [-0.25, -0.2) is 4.79 Å². The highest BCUT2D eigenvalue weighted by Crippen LogP contribution is 2.23. The highest BCUT2D eigenvalue weighted by Gasteiger charge is 2.22. The van der Waals surface area contributed by atoms with Gasteiger partial charge in [-0.1, -0.05) is 26.0 Å². The number of carbonyl (C=O) groups excluding carboxylic acids is 2. The summed E-state index contributed by atoms with van der Waals surface area (Å²) in [7, 11) is 1.56. The number of ether oxygens (including phenoxy) is 2. The van der Waals surface area contributed by atoms with E-state index >= 15 is 0 Å². The van der Waals surface area contributed by atoms with Crippen molar-refractivity contribution in [2.24, 2.45) is 5.92 Å². The van der Waals surface area contributed by atoms with E-state index in [4.69, 9.17) is 9.47 Å². The van der Waals surface area contributed by atoms with E-state index in [1.54, 1.807) is 33.0 Å². The summed E-state index contributed by atoms with van der Waals surface area (Å²) >= 11 is 0. The van der Waals surface area contributed by atoms with Gasteiger partial charge in [0.2, 0.25) is 0 Å². The number of esters is 1. The molecular formula is C19H28N2O6. The Labute approximate surface area is 159 Å². The maximum atomic E-state index is 12.3. The minimum Gasteiger partial charge on any atom is -0.454 e. The summed E-state index contributed by atoms with van der Waals surface area (Å²) in [6.07, 6.45) is 0.0936. The normalized spacial score (nSPS) is 13.1.